The summed E-state index contributed by atoms with van der Waals surface area (Å²) >= 11 is 0. The molecule has 4 heteroatoms. The van der Waals surface area contributed by atoms with E-state index in [1.807, 2.05) is 38.1 Å². The number of anilines is 1. The van der Waals surface area contributed by atoms with Crippen LogP contribution in [-0.4, -0.2) is 16.6 Å². The minimum atomic E-state index is 0.150. The van der Waals surface area contributed by atoms with E-state index in [2.05, 4.69) is 34.3 Å². The van der Waals surface area contributed by atoms with Crippen molar-refractivity contribution in [2.45, 2.75) is 26.8 Å². The highest BCUT2D eigenvalue weighted by Gasteiger charge is 2.08. The number of benzene rings is 1. The number of aromatic nitrogens is 2. The Kier molecular flexibility index (Phi) is 4.34. The predicted octanol–water partition coefficient (Wildman–Crippen LogP) is 3.36. The van der Waals surface area contributed by atoms with Gasteiger partial charge in [-0.25, -0.2) is 4.98 Å². The molecule has 0 saturated heterocycles. The third-order valence-corrected chi connectivity index (χ3v) is 2.77. The van der Waals surface area contributed by atoms with Crippen molar-refractivity contribution >= 4 is 5.95 Å². The van der Waals surface area contributed by atoms with Crippen molar-refractivity contribution < 1.29 is 4.74 Å². The van der Waals surface area contributed by atoms with E-state index in [9.17, 15) is 0 Å². The summed E-state index contributed by atoms with van der Waals surface area (Å²) in [6.45, 7) is 6.56. The molecule has 1 aromatic heterocycles. The van der Waals surface area contributed by atoms with Gasteiger partial charge in [-0.15, -0.1) is 0 Å². The second-order valence-electron chi connectivity index (χ2n) is 4.38. The SMILES string of the molecule is CCOc1cc(C)nc(NC(C)c2ccccc2)n1. The molecule has 1 aromatic carbocycles. The van der Waals surface area contributed by atoms with Crippen molar-refractivity contribution in [2.75, 3.05) is 11.9 Å². The number of ether oxygens (including phenoxy) is 1. The number of hydrogen-bond acceptors (Lipinski definition) is 4. The zero-order chi connectivity index (χ0) is 13.7. The average molecular weight is 257 g/mol. The molecule has 2 rings (SSSR count). The Balaban J connectivity index is 2.14. The molecule has 1 atom stereocenters. The molecule has 2 aromatic rings. The molecule has 4 nitrogen and oxygen atoms in total. The Morgan fingerprint density at radius 2 is 1.95 bits per heavy atom. The summed E-state index contributed by atoms with van der Waals surface area (Å²) in [5, 5.41) is 3.30. The molecular formula is C15H19N3O. The molecular weight excluding hydrogens is 238 g/mol. The lowest BCUT2D eigenvalue weighted by atomic mass is 10.1. The van der Waals surface area contributed by atoms with Gasteiger partial charge >= 0.3 is 0 Å². The number of rotatable bonds is 5. The van der Waals surface area contributed by atoms with Crippen LogP contribution in [0.4, 0.5) is 5.95 Å². The fourth-order valence-electron chi connectivity index (χ4n) is 1.84. The molecule has 1 N–H and O–H groups in total. The van der Waals surface area contributed by atoms with Gasteiger partial charge in [0.15, 0.2) is 0 Å². The van der Waals surface area contributed by atoms with Gasteiger partial charge in [0.2, 0.25) is 11.8 Å². The summed E-state index contributed by atoms with van der Waals surface area (Å²) in [4.78, 5) is 8.72. The van der Waals surface area contributed by atoms with Gasteiger partial charge in [0.1, 0.15) is 0 Å². The van der Waals surface area contributed by atoms with Gasteiger partial charge in [-0.2, -0.15) is 4.98 Å². The lowest BCUT2D eigenvalue weighted by Crippen LogP contribution is -2.10. The number of nitrogens with one attached hydrogen (secondary N) is 1. The topological polar surface area (TPSA) is 47.0 Å². The van der Waals surface area contributed by atoms with Crippen molar-refractivity contribution in [1.82, 2.24) is 9.97 Å². The molecule has 0 aliphatic rings. The molecule has 0 amide bonds. The van der Waals surface area contributed by atoms with Gasteiger partial charge in [-0.3, -0.25) is 0 Å². The minimum absolute atomic E-state index is 0.150. The maximum atomic E-state index is 5.42. The molecule has 0 bridgehead atoms. The van der Waals surface area contributed by atoms with Gasteiger partial charge in [-0.1, -0.05) is 30.3 Å². The maximum Gasteiger partial charge on any atom is 0.226 e. The van der Waals surface area contributed by atoms with E-state index in [0.717, 1.165) is 5.69 Å². The Hall–Kier alpha value is -2.10. The van der Waals surface area contributed by atoms with Crippen LogP contribution >= 0.6 is 0 Å². The second-order valence-corrected chi connectivity index (χ2v) is 4.38. The first-order chi connectivity index (χ1) is 9.19. The van der Waals surface area contributed by atoms with Gasteiger partial charge < -0.3 is 10.1 Å². The highest BCUT2D eigenvalue weighted by molar-refractivity contribution is 5.34. The number of aryl methyl sites for hydroxylation is 1. The monoisotopic (exact) mass is 257 g/mol. The van der Waals surface area contributed by atoms with E-state index in [1.165, 1.54) is 5.56 Å². The third kappa shape index (κ3) is 3.68. The van der Waals surface area contributed by atoms with E-state index in [0.29, 0.717) is 18.4 Å². The van der Waals surface area contributed by atoms with Crippen molar-refractivity contribution in [2.24, 2.45) is 0 Å². The molecule has 0 fully saturated rings. The van der Waals surface area contributed by atoms with Crippen LogP contribution in [0.5, 0.6) is 5.88 Å². The normalized spacial score (nSPS) is 11.9. The lowest BCUT2D eigenvalue weighted by Gasteiger charge is -2.15. The lowest BCUT2D eigenvalue weighted by molar-refractivity contribution is 0.326. The molecule has 1 unspecified atom stereocenters. The van der Waals surface area contributed by atoms with Crippen LogP contribution in [-0.2, 0) is 0 Å². The number of hydrogen-bond donors (Lipinski definition) is 1. The first-order valence-electron chi connectivity index (χ1n) is 6.49. The third-order valence-electron chi connectivity index (χ3n) is 2.77. The first kappa shape index (κ1) is 13.3. The standard InChI is InChI=1S/C15H19N3O/c1-4-19-14-10-11(2)16-15(18-14)17-12(3)13-8-6-5-7-9-13/h5-10,12H,4H2,1-3H3,(H,16,17,18). The van der Waals surface area contributed by atoms with Gasteiger partial charge in [0.05, 0.1) is 12.6 Å². The Bertz CT molecular complexity index is 528. The fraction of sp³-hybridized carbons (Fsp3) is 0.333. The summed E-state index contributed by atoms with van der Waals surface area (Å²) in [5.41, 5.74) is 2.09. The van der Waals surface area contributed by atoms with Crippen molar-refractivity contribution in [1.29, 1.82) is 0 Å². The second kappa shape index (κ2) is 6.18. The first-order valence-corrected chi connectivity index (χ1v) is 6.49. The van der Waals surface area contributed by atoms with Crippen LogP contribution in [0.3, 0.4) is 0 Å². The van der Waals surface area contributed by atoms with E-state index in [1.54, 1.807) is 0 Å². The van der Waals surface area contributed by atoms with Crippen LogP contribution in [0.25, 0.3) is 0 Å². The van der Waals surface area contributed by atoms with Gasteiger partial charge in [0.25, 0.3) is 0 Å². The summed E-state index contributed by atoms with van der Waals surface area (Å²) in [7, 11) is 0. The molecule has 100 valence electrons. The Morgan fingerprint density at radius 3 is 2.63 bits per heavy atom. The quantitative estimate of drug-likeness (QED) is 0.892. The van der Waals surface area contributed by atoms with Crippen LogP contribution in [0.2, 0.25) is 0 Å². The van der Waals surface area contributed by atoms with Crippen LogP contribution < -0.4 is 10.1 Å². The highest BCUT2D eigenvalue weighted by Crippen LogP contribution is 2.18. The molecule has 0 aliphatic heterocycles. The van der Waals surface area contributed by atoms with Crippen molar-refractivity contribution in [3.05, 3.63) is 47.7 Å². The van der Waals surface area contributed by atoms with Crippen LogP contribution in [0, 0.1) is 6.92 Å². The van der Waals surface area contributed by atoms with Crippen LogP contribution in [0.15, 0.2) is 36.4 Å². The Labute approximate surface area is 113 Å². The zero-order valence-electron chi connectivity index (χ0n) is 11.6. The van der Waals surface area contributed by atoms with E-state index >= 15 is 0 Å². The van der Waals surface area contributed by atoms with Crippen molar-refractivity contribution in [3.8, 4) is 5.88 Å². The molecule has 19 heavy (non-hydrogen) atoms. The smallest absolute Gasteiger partial charge is 0.226 e. The molecule has 1 heterocycles. The summed E-state index contributed by atoms with van der Waals surface area (Å²) in [5.74, 6) is 1.21. The summed E-state index contributed by atoms with van der Waals surface area (Å²) in [6, 6.07) is 12.2. The van der Waals surface area contributed by atoms with Gasteiger partial charge in [-0.05, 0) is 26.3 Å². The molecule has 0 aliphatic carbocycles. The van der Waals surface area contributed by atoms with E-state index < -0.39 is 0 Å². The molecule has 0 radical (unpaired) electrons. The molecule has 0 spiro atoms. The largest absolute Gasteiger partial charge is 0.478 e. The summed E-state index contributed by atoms with van der Waals surface area (Å²) < 4.78 is 5.42. The maximum absolute atomic E-state index is 5.42. The van der Waals surface area contributed by atoms with E-state index in [4.69, 9.17) is 4.74 Å². The zero-order valence-corrected chi connectivity index (χ0v) is 11.6. The average Bonchev–Trinajstić information content (AvgIpc) is 2.39. The summed E-state index contributed by atoms with van der Waals surface area (Å²) in [6.07, 6.45) is 0. The Morgan fingerprint density at radius 1 is 1.21 bits per heavy atom. The van der Waals surface area contributed by atoms with E-state index in [-0.39, 0.29) is 6.04 Å². The highest BCUT2D eigenvalue weighted by atomic mass is 16.5. The minimum Gasteiger partial charge on any atom is -0.478 e. The predicted molar refractivity (Wildman–Crippen MR) is 76.4 cm³/mol. The van der Waals surface area contributed by atoms with Crippen molar-refractivity contribution in [3.63, 3.8) is 0 Å². The molecule has 0 saturated carbocycles. The van der Waals surface area contributed by atoms with Crippen LogP contribution in [0.1, 0.15) is 31.1 Å². The fourth-order valence-corrected chi connectivity index (χ4v) is 1.84. The number of nitrogens with zero attached hydrogens (tertiary/aromatic N) is 2. The van der Waals surface area contributed by atoms with Gasteiger partial charge in [0, 0.05) is 11.8 Å².